The van der Waals surface area contributed by atoms with Crippen molar-refractivity contribution < 1.29 is 19.7 Å². The van der Waals surface area contributed by atoms with E-state index >= 15 is 0 Å². The summed E-state index contributed by atoms with van der Waals surface area (Å²) >= 11 is 0. The molecular formula is C30H36O4. The lowest BCUT2D eigenvalue weighted by Gasteiger charge is -2.57. The van der Waals surface area contributed by atoms with Gasteiger partial charge in [0.15, 0.2) is 0 Å². The molecule has 1 unspecified atom stereocenters. The average molecular weight is 461 g/mol. The first-order chi connectivity index (χ1) is 16.1. The highest BCUT2D eigenvalue weighted by atomic mass is 16.5. The smallest absolute Gasteiger partial charge is 0.347 e. The second-order valence-corrected chi connectivity index (χ2v) is 12.1. The normalized spacial score (nSPS) is 33.5. The van der Waals surface area contributed by atoms with E-state index in [0.717, 1.165) is 51.3 Å². The Balaban J connectivity index is 1.46. The number of carboxylic acid groups (broad SMARTS) is 1. The van der Waals surface area contributed by atoms with E-state index < -0.39 is 11.6 Å². The molecule has 4 saturated carbocycles. The number of benzene rings is 2. The summed E-state index contributed by atoms with van der Waals surface area (Å²) in [6, 6.07) is 6.26. The number of carboxylic acids is 1. The second-order valence-electron chi connectivity index (χ2n) is 12.1. The molecule has 4 aliphatic carbocycles. The van der Waals surface area contributed by atoms with E-state index in [1.54, 1.807) is 6.92 Å². The standard InChI is InChI=1S/C30H36O4/c1-16-17(2)27-23(7-8-29(4,34-27)28(32)33)18(3)26(16)22-5-6-25(31)24(12-22)30-13-19-9-20(14-30)11-21(10-19)15-30/h5-6,12,19-21,31H,7-11,13-15H2,1-4H3,(H,32,33). The Hall–Kier alpha value is -2.49. The van der Waals surface area contributed by atoms with Gasteiger partial charge >= 0.3 is 5.97 Å². The Bertz CT molecular complexity index is 1170. The van der Waals surface area contributed by atoms with Crippen molar-refractivity contribution in [2.24, 2.45) is 17.8 Å². The van der Waals surface area contributed by atoms with Crippen LogP contribution in [0.15, 0.2) is 18.2 Å². The summed E-state index contributed by atoms with van der Waals surface area (Å²) in [5, 5.41) is 20.8. The van der Waals surface area contributed by atoms with E-state index in [9.17, 15) is 15.0 Å². The quantitative estimate of drug-likeness (QED) is 0.540. The van der Waals surface area contributed by atoms with Crippen molar-refractivity contribution in [3.8, 4) is 22.6 Å². The van der Waals surface area contributed by atoms with Crippen LogP contribution in [-0.4, -0.2) is 21.8 Å². The molecule has 4 fully saturated rings. The Morgan fingerprint density at radius 2 is 1.59 bits per heavy atom. The number of hydrogen-bond donors (Lipinski definition) is 2. The van der Waals surface area contributed by atoms with Gasteiger partial charge in [0.05, 0.1) is 0 Å². The summed E-state index contributed by atoms with van der Waals surface area (Å²) in [6.07, 6.45) is 8.98. The van der Waals surface area contributed by atoms with Crippen LogP contribution in [-0.2, 0) is 16.6 Å². The van der Waals surface area contributed by atoms with Gasteiger partial charge in [-0.25, -0.2) is 4.79 Å². The predicted octanol–water partition coefficient (Wildman–Crippen LogP) is 6.62. The maximum atomic E-state index is 11.8. The maximum absolute atomic E-state index is 11.8. The Kier molecular flexibility index (Phi) is 4.70. The summed E-state index contributed by atoms with van der Waals surface area (Å²) in [5.74, 6) is 2.76. The van der Waals surface area contributed by atoms with Crippen molar-refractivity contribution in [2.45, 2.75) is 90.1 Å². The largest absolute Gasteiger partial charge is 0.508 e. The average Bonchev–Trinajstić information content (AvgIpc) is 2.77. The number of phenols is 1. The number of rotatable bonds is 3. The molecule has 2 aromatic rings. The third-order valence-corrected chi connectivity index (χ3v) is 9.91. The molecule has 34 heavy (non-hydrogen) atoms. The third-order valence-electron chi connectivity index (χ3n) is 9.91. The zero-order chi connectivity index (χ0) is 24.0. The second kappa shape index (κ2) is 7.26. The molecular weight excluding hydrogens is 424 g/mol. The number of ether oxygens (including phenoxy) is 1. The van der Waals surface area contributed by atoms with Crippen LogP contribution in [0.4, 0.5) is 0 Å². The number of carbonyl (C=O) groups is 1. The summed E-state index contributed by atoms with van der Waals surface area (Å²) < 4.78 is 6.13. The molecule has 5 aliphatic rings. The van der Waals surface area contributed by atoms with Gasteiger partial charge in [0.1, 0.15) is 11.5 Å². The number of fused-ring (bicyclic) bond motifs is 1. The van der Waals surface area contributed by atoms with E-state index in [-0.39, 0.29) is 5.41 Å². The summed E-state index contributed by atoms with van der Waals surface area (Å²) in [6.45, 7) is 7.98. The first-order valence-electron chi connectivity index (χ1n) is 13.0. The minimum Gasteiger partial charge on any atom is -0.508 e. The van der Waals surface area contributed by atoms with E-state index in [2.05, 4.69) is 26.0 Å². The highest BCUT2D eigenvalue weighted by Crippen LogP contribution is 2.62. The monoisotopic (exact) mass is 460 g/mol. The van der Waals surface area contributed by atoms with Crippen molar-refractivity contribution in [3.05, 3.63) is 46.0 Å². The lowest BCUT2D eigenvalue weighted by Crippen LogP contribution is -2.48. The third kappa shape index (κ3) is 3.06. The number of aliphatic carboxylic acids is 1. The molecule has 0 aromatic heterocycles. The maximum Gasteiger partial charge on any atom is 0.347 e. The van der Waals surface area contributed by atoms with Crippen LogP contribution < -0.4 is 4.74 Å². The molecule has 0 amide bonds. The molecule has 2 aromatic carbocycles. The molecule has 4 heteroatoms. The van der Waals surface area contributed by atoms with E-state index in [4.69, 9.17) is 4.74 Å². The fourth-order valence-corrected chi connectivity index (χ4v) is 8.41. The zero-order valence-corrected chi connectivity index (χ0v) is 20.8. The molecule has 1 aliphatic heterocycles. The molecule has 4 bridgehead atoms. The topological polar surface area (TPSA) is 66.8 Å². The van der Waals surface area contributed by atoms with Crippen LogP contribution in [0.25, 0.3) is 11.1 Å². The minimum absolute atomic E-state index is 0.131. The van der Waals surface area contributed by atoms with Gasteiger partial charge in [-0.05, 0) is 141 Å². The van der Waals surface area contributed by atoms with Crippen molar-refractivity contribution in [3.63, 3.8) is 0 Å². The van der Waals surface area contributed by atoms with Crippen LogP contribution >= 0.6 is 0 Å². The highest BCUT2D eigenvalue weighted by molar-refractivity contribution is 5.81. The Labute approximate surface area is 202 Å². The first kappa shape index (κ1) is 22.0. The summed E-state index contributed by atoms with van der Waals surface area (Å²) in [4.78, 5) is 11.8. The summed E-state index contributed by atoms with van der Waals surface area (Å²) in [5.41, 5.74) is 6.94. The van der Waals surface area contributed by atoms with Gasteiger partial charge in [-0.15, -0.1) is 0 Å². The lowest BCUT2D eigenvalue weighted by atomic mass is 9.48. The van der Waals surface area contributed by atoms with E-state index in [1.807, 2.05) is 13.0 Å². The van der Waals surface area contributed by atoms with Crippen LogP contribution in [0.5, 0.6) is 11.5 Å². The molecule has 0 radical (unpaired) electrons. The van der Waals surface area contributed by atoms with Gasteiger partial charge in [-0.1, -0.05) is 6.07 Å². The Morgan fingerprint density at radius 3 is 2.18 bits per heavy atom. The summed E-state index contributed by atoms with van der Waals surface area (Å²) in [7, 11) is 0. The van der Waals surface area contributed by atoms with Crippen molar-refractivity contribution in [2.75, 3.05) is 0 Å². The minimum atomic E-state index is -1.18. The van der Waals surface area contributed by atoms with Crippen LogP contribution in [0, 0.1) is 38.5 Å². The number of aromatic hydroxyl groups is 1. The van der Waals surface area contributed by atoms with Gasteiger partial charge in [-0.2, -0.15) is 0 Å². The van der Waals surface area contributed by atoms with Crippen molar-refractivity contribution >= 4 is 5.97 Å². The number of phenolic OH excluding ortho intramolecular Hbond substituents is 1. The first-order valence-corrected chi connectivity index (χ1v) is 13.0. The SMILES string of the molecule is Cc1c(C)c(-c2ccc(O)c(C34CC5CC(CC(C5)C3)C4)c2)c(C)c2c1OC(C)(C(=O)O)CC2. The molecule has 0 saturated heterocycles. The zero-order valence-electron chi connectivity index (χ0n) is 20.8. The van der Waals surface area contributed by atoms with Crippen molar-refractivity contribution in [1.29, 1.82) is 0 Å². The molecule has 1 atom stereocenters. The fourth-order valence-electron chi connectivity index (χ4n) is 8.41. The molecule has 7 rings (SSSR count). The molecule has 0 spiro atoms. The van der Waals surface area contributed by atoms with Crippen molar-refractivity contribution in [1.82, 2.24) is 0 Å². The fraction of sp³-hybridized carbons (Fsp3) is 0.567. The molecule has 4 nitrogen and oxygen atoms in total. The lowest BCUT2D eigenvalue weighted by molar-refractivity contribution is -0.155. The highest BCUT2D eigenvalue weighted by Gasteiger charge is 2.52. The number of hydrogen-bond acceptors (Lipinski definition) is 3. The van der Waals surface area contributed by atoms with Gasteiger partial charge in [-0.3, -0.25) is 0 Å². The molecule has 1 heterocycles. The van der Waals surface area contributed by atoms with Gasteiger partial charge < -0.3 is 14.9 Å². The van der Waals surface area contributed by atoms with Crippen LogP contribution in [0.1, 0.15) is 79.7 Å². The van der Waals surface area contributed by atoms with E-state index in [1.165, 1.54) is 49.7 Å². The predicted molar refractivity (Wildman–Crippen MR) is 133 cm³/mol. The Morgan fingerprint density at radius 1 is 0.971 bits per heavy atom. The van der Waals surface area contributed by atoms with Crippen LogP contribution in [0.3, 0.4) is 0 Å². The van der Waals surface area contributed by atoms with Gasteiger partial charge in [0.25, 0.3) is 0 Å². The van der Waals surface area contributed by atoms with E-state index in [0.29, 0.717) is 18.6 Å². The van der Waals surface area contributed by atoms with Crippen LogP contribution in [0.2, 0.25) is 0 Å². The molecule has 2 N–H and O–H groups in total. The van der Waals surface area contributed by atoms with Gasteiger partial charge in [0, 0.05) is 12.0 Å². The van der Waals surface area contributed by atoms with Gasteiger partial charge in [0.2, 0.25) is 5.60 Å². The molecule has 180 valence electrons.